The van der Waals surface area contributed by atoms with Crippen molar-refractivity contribution in [1.82, 2.24) is 15.2 Å². The standard InChI is InChI=1S/C16H29N3S/c1-5-8-13-11-19(14(6-2)9-17-13)12(4)16-18-10-15(7-3)20-16/h10,12-14,17H,5-9,11H2,1-4H3. The Morgan fingerprint density at radius 1 is 1.45 bits per heavy atom. The molecule has 2 rings (SSSR count). The van der Waals surface area contributed by atoms with Crippen LogP contribution in [0.4, 0.5) is 0 Å². The smallest absolute Gasteiger partial charge is 0.110 e. The summed E-state index contributed by atoms with van der Waals surface area (Å²) in [4.78, 5) is 8.74. The van der Waals surface area contributed by atoms with E-state index >= 15 is 0 Å². The molecule has 0 aromatic carbocycles. The lowest BCUT2D eigenvalue weighted by atomic mass is 10.0. The molecular formula is C16H29N3S. The fourth-order valence-corrected chi connectivity index (χ4v) is 4.03. The molecule has 4 heteroatoms. The van der Waals surface area contributed by atoms with Crippen molar-refractivity contribution in [3.8, 4) is 0 Å². The summed E-state index contributed by atoms with van der Waals surface area (Å²) in [5.74, 6) is 0. The van der Waals surface area contributed by atoms with Crippen LogP contribution in [0.5, 0.6) is 0 Å². The van der Waals surface area contributed by atoms with E-state index in [9.17, 15) is 0 Å². The molecule has 0 bridgehead atoms. The van der Waals surface area contributed by atoms with Gasteiger partial charge in [-0.1, -0.05) is 27.2 Å². The minimum Gasteiger partial charge on any atom is -0.311 e. The van der Waals surface area contributed by atoms with Gasteiger partial charge >= 0.3 is 0 Å². The summed E-state index contributed by atoms with van der Waals surface area (Å²) >= 11 is 1.89. The molecule has 0 radical (unpaired) electrons. The Hall–Kier alpha value is -0.450. The van der Waals surface area contributed by atoms with E-state index in [0.29, 0.717) is 18.1 Å². The maximum Gasteiger partial charge on any atom is 0.110 e. The highest BCUT2D eigenvalue weighted by molar-refractivity contribution is 7.11. The van der Waals surface area contributed by atoms with Gasteiger partial charge < -0.3 is 5.32 Å². The van der Waals surface area contributed by atoms with Crippen molar-refractivity contribution < 1.29 is 0 Å². The molecule has 3 atom stereocenters. The molecule has 1 aromatic rings. The fourth-order valence-electron chi connectivity index (χ4n) is 3.10. The zero-order valence-electron chi connectivity index (χ0n) is 13.4. The lowest BCUT2D eigenvalue weighted by molar-refractivity contribution is 0.0834. The molecule has 1 aliphatic rings. The van der Waals surface area contributed by atoms with Gasteiger partial charge in [-0.3, -0.25) is 4.90 Å². The van der Waals surface area contributed by atoms with Gasteiger partial charge in [0.05, 0.1) is 6.04 Å². The van der Waals surface area contributed by atoms with Crippen molar-refractivity contribution in [2.45, 2.75) is 71.5 Å². The van der Waals surface area contributed by atoms with Crippen molar-refractivity contribution in [1.29, 1.82) is 0 Å². The van der Waals surface area contributed by atoms with E-state index in [0.717, 1.165) is 19.5 Å². The average molecular weight is 295 g/mol. The molecule has 0 aliphatic carbocycles. The first-order valence-corrected chi connectivity index (χ1v) is 8.94. The normalized spacial score (nSPS) is 25.8. The minimum absolute atomic E-state index is 0.451. The molecule has 1 aliphatic heterocycles. The lowest BCUT2D eigenvalue weighted by Gasteiger charge is -2.43. The second-order valence-corrected chi connectivity index (χ2v) is 6.99. The maximum atomic E-state index is 4.66. The van der Waals surface area contributed by atoms with Crippen LogP contribution in [0.25, 0.3) is 0 Å². The number of thiazole rings is 1. The summed E-state index contributed by atoms with van der Waals surface area (Å²) in [7, 11) is 0. The van der Waals surface area contributed by atoms with Gasteiger partial charge in [0.25, 0.3) is 0 Å². The number of aryl methyl sites for hydroxylation is 1. The van der Waals surface area contributed by atoms with Gasteiger partial charge in [-0.2, -0.15) is 0 Å². The van der Waals surface area contributed by atoms with Crippen LogP contribution in [-0.2, 0) is 6.42 Å². The maximum absolute atomic E-state index is 4.66. The highest BCUT2D eigenvalue weighted by Crippen LogP contribution is 2.29. The Bertz CT molecular complexity index is 404. The van der Waals surface area contributed by atoms with Crippen molar-refractivity contribution in [2.75, 3.05) is 13.1 Å². The first kappa shape index (κ1) is 15.9. The van der Waals surface area contributed by atoms with Crippen molar-refractivity contribution in [3.05, 3.63) is 16.1 Å². The molecule has 1 N–H and O–H groups in total. The third-order valence-electron chi connectivity index (χ3n) is 4.43. The van der Waals surface area contributed by atoms with Gasteiger partial charge in [-0.15, -0.1) is 11.3 Å². The number of nitrogens with zero attached hydrogens (tertiary/aromatic N) is 2. The zero-order chi connectivity index (χ0) is 14.5. The number of nitrogens with one attached hydrogen (secondary N) is 1. The predicted octanol–water partition coefficient (Wildman–Crippen LogP) is 3.62. The summed E-state index contributed by atoms with van der Waals surface area (Å²) in [6.07, 6.45) is 6.90. The number of aromatic nitrogens is 1. The summed E-state index contributed by atoms with van der Waals surface area (Å²) in [5.41, 5.74) is 0. The summed E-state index contributed by atoms with van der Waals surface area (Å²) in [6.45, 7) is 11.4. The van der Waals surface area contributed by atoms with Crippen LogP contribution in [0.2, 0.25) is 0 Å². The second-order valence-electron chi connectivity index (χ2n) is 5.85. The van der Waals surface area contributed by atoms with Crippen LogP contribution in [-0.4, -0.2) is 35.1 Å². The van der Waals surface area contributed by atoms with Gasteiger partial charge in [-0.25, -0.2) is 4.98 Å². The number of hydrogen-bond donors (Lipinski definition) is 1. The van der Waals surface area contributed by atoms with E-state index in [-0.39, 0.29) is 0 Å². The molecule has 1 aromatic heterocycles. The molecule has 0 spiro atoms. The average Bonchev–Trinajstić information content (AvgIpc) is 2.95. The topological polar surface area (TPSA) is 28.2 Å². The minimum atomic E-state index is 0.451. The van der Waals surface area contributed by atoms with E-state index < -0.39 is 0 Å². The Morgan fingerprint density at radius 2 is 2.25 bits per heavy atom. The molecule has 20 heavy (non-hydrogen) atoms. The zero-order valence-corrected chi connectivity index (χ0v) is 14.2. The quantitative estimate of drug-likeness (QED) is 0.869. The van der Waals surface area contributed by atoms with Crippen LogP contribution in [0.15, 0.2) is 6.20 Å². The molecular weight excluding hydrogens is 266 g/mol. The van der Waals surface area contributed by atoms with Crippen LogP contribution in [0.1, 0.15) is 62.9 Å². The lowest BCUT2D eigenvalue weighted by Crippen LogP contribution is -2.56. The summed E-state index contributed by atoms with van der Waals surface area (Å²) < 4.78 is 0. The highest BCUT2D eigenvalue weighted by Gasteiger charge is 2.31. The van der Waals surface area contributed by atoms with E-state index in [1.807, 2.05) is 11.3 Å². The molecule has 0 saturated carbocycles. The number of hydrogen-bond acceptors (Lipinski definition) is 4. The largest absolute Gasteiger partial charge is 0.311 e. The molecule has 1 fully saturated rings. The van der Waals surface area contributed by atoms with Gasteiger partial charge in [0, 0.05) is 36.2 Å². The fraction of sp³-hybridized carbons (Fsp3) is 0.812. The Kier molecular flexibility index (Phi) is 6.00. The molecule has 114 valence electrons. The van der Waals surface area contributed by atoms with E-state index in [1.54, 1.807) is 0 Å². The van der Waals surface area contributed by atoms with E-state index in [2.05, 4.69) is 49.1 Å². The first-order valence-electron chi connectivity index (χ1n) is 8.13. The van der Waals surface area contributed by atoms with E-state index in [4.69, 9.17) is 0 Å². The Morgan fingerprint density at radius 3 is 2.85 bits per heavy atom. The van der Waals surface area contributed by atoms with Gasteiger partial charge in [0.2, 0.25) is 0 Å². The van der Waals surface area contributed by atoms with Crippen molar-refractivity contribution in [2.24, 2.45) is 0 Å². The van der Waals surface area contributed by atoms with Crippen LogP contribution in [0.3, 0.4) is 0 Å². The van der Waals surface area contributed by atoms with Crippen LogP contribution < -0.4 is 5.32 Å². The molecule has 3 unspecified atom stereocenters. The number of rotatable bonds is 6. The Labute approximate surface area is 127 Å². The molecule has 2 heterocycles. The first-order chi connectivity index (χ1) is 9.69. The van der Waals surface area contributed by atoms with Gasteiger partial charge in [0.15, 0.2) is 0 Å². The summed E-state index contributed by atoms with van der Waals surface area (Å²) in [5, 5.41) is 5.00. The highest BCUT2D eigenvalue weighted by atomic mass is 32.1. The van der Waals surface area contributed by atoms with Gasteiger partial charge in [-0.05, 0) is 26.2 Å². The third-order valence-corrected chi connectivity index (χ3v) is 5.74. The number of piperazine rings is 1. The Balaban J connectivity index is 2.08. The predicted molar refractivity (Wildman–Crippen MR) is 87.4 cm³/mol. The third kappa shape index (κ3) is 3.60. The SMILES string of the molecule is CCCC1CN(C(C)c2ncc(CC)s2)C(CC)CN1. The summed E-state index contributed by atoms with van der Waals surface area (Å²) in [6, 6.07) is 1.75. The molecule has 0 amide bonds. The van der Waals surface area contributed by atoms with Crippen LogP contribution >= 0.6 is 11.3 Å². The van der Waals surface area contributed by atoms with Gasteiger partial charge in [0.1, 0.15) is 5.01 Å². The second kappa shape index (κ2) is 7.53. The van der Waals surface area contributed by atoms with Crippen LogP contribution in [0, 0.1) is 0 Å². The van der Waals surface area contributed by atoms with Crippen molar-refractivity contribution in [3.63, 3.8) is 0 Å². The molecule has 1 saturated heterocycles. The molecule has 3 nitrogen and oxygen atoms in total. The monoisotopic (exact) mass is 295 g/mol. The van der Waals surface area contributed by atoms with E-state index in [1.165, 1.54) is 29.1 Å². The van der Waals surface area contributed by atoms with Crippen molar-refractivity contribution >= 4 is 11.3 Å².